The molecule has 1 fully saturated rings. The second-order valence-corrected chi connectivity index (χ2v) is 7.03. The first kappa shape index (κ1) is 16.1. The second kappa shape index (κ2) is 6.50. The van der Waals surface area contributed by atoms with Crippen LogP contribution in [-0.2, 0) is 9.53 Å². The summed E-state index contributed by atoms with van der Waals surface area (Å²) in [6, 6.07) is 9.06. The lowest BCUT2D eigenvalue weighted by atomic mass is 10.2. The molecule has 1 atom stereocenters. The molecule has 2 aliphatic rings. The van der Waals surface area contributed by atoms with Crippen molar-refractivity contribution in [1.82, 2.24) is 4.98 Å². The Morgan fingerprint density at radius 3 is 3.08 bits per heavy atom. The minimum Gasteiger partial charge on any atom is -0.368 e. The van der Waals surface area contributed by atoms with Crippen LogP contribution >= 0.6 is 11.8 Å². The van der Waals surface area contributed by atoms with Gasteiger partial charge in [0.25, 0.3) is 11.8 Å². The summed E-state index contributed by atoms with van der Waals surface area (Å²) in [6.07, 6.45) is 2.96. The highest BCUT2D eigenvalue weighted by molar-refractivity contribution is 7.99. The van der Waals surface area contributed by atoms with Crippen LogP contribution in [0.15, 0.2) is 46.5 Å². The predicted molar refractivity (Wildman–Crippen MR) is 95.1 cm³/mol. The number of nitrogens with zero attached hydrogens (tertiary/aromatic N) is 2. The molecule has 0 radical (unpaired) electrons. The average molecular weight is 355 g/mol. The van der Waals surface area contributed by atoms with Gasteiger partial charge in [-0.3, -0.25) is 9.59 Å². The number of rotatable bonds is 2. The molecule has 25 heavy (non-hydrogen) atoms. The van der Waals surface area contributed by atoms with Gasteiger partial charge in [0.05, 0.1) is 11.3 Å². The fourth-order valence-electron chi connectivity index (χ4n) is 2.99. The first-order chi connectivity index (χ1) is 12.1. The maximum absolute atomic E-state index is 12.6. The fraction of sp³-hybridized carbons (Fsp3) is 0.278. The van der Waals surface area contributed by atoms with Crippen molar-refractivity contribution in [1.29, 1.82) is 0 Å². The molecule has 1 saturated heterocycles. The number of fused-ring (bicyclic) bond motifs is 2. The summed E-state index contributed by atoms with van der Waals surface area (Å²) in [5.74, 6) is -0.218. The summed E-state index contributed by atoms with van der Waals surface area (Å²) in [5.41, 5.74) is 2.06. The molecule has 7 heteroatoms. The summed E-state index contributed by atoms with van der Waals surface area (Å²) in [4.78, 5) is 31.7. The van der Waals surface area contributed by atoms with Gasteiger partial charge < -0.3 is 15.0 Å². The lowest BCUT2D eigenvalue weighted by molar-refractivity contribution is -0.124. The van der Waals surface area contributed by atoms with Gasteiger partial charge >= 0.3 is 0 Å². The molecular formula is C18H17N3O3S. The van der Waals surface area contributed by atoms with Crippen molar-refractivity contribution in [2.45, 2.75) is 28.9 Å². The van der Waals surface area contributed by atoms with E-state index in [1.165, 1.54) is 11.8 Å². The first-order valence-corrected chi connectivity index (χ1v) is 8.92. The summed E-state index contributed by atoms with van der Waals surface area (Å²) in [5, 5.41) is 3.57. The Morgan fingerprint density at radius 2 is 2.28 bits per heavy atom. The maximum Gasteiger partial charge on any atom is 0.260 e. The molecule has 6 nitrogen and oxygen atoms in total. The Kier molecular flexibility index (Phi) is 4.19. The monoisotopic (exact) mass is 355 g/mol. The highest BCUT2D eigenvalue weighted by atomic mass is 32.2. The van der Waals surface area contributed by atoms with Gasteiger partial charge in [-0.1, -0.05) is 11.8 Å². The van der Waals surface area contributed by atoms with Gasteiger partial charge in [0, 0.05) is 30.4 Å². The minimum absolute atomic E-state index is 0.0921. The van der Waals surface area contributed by atoms with Crippen LogP contribution in [0.25, 0.3) is 0 Å². The Labute approximate surface area is 149 Å². The zero-order valence-corrected chi connectivity index (χ0v) is 14.5. The number of carbonyl (C=O) groups is 2. The first-order valence-electron chi connectivity index (χ1n) is 8.11. The highest BCUT2D eigenvalue weighted by Crippen LogP contribution is 2.41. The van der Waals surface area contributed by atoms with Crippen LogP contribution < -0.4 is 10.2 Å². The molecule has 0 aliphatic carbocycles. The van der Waals surface area contributed by atoms with Gasteiger partial charge in [-0.05, 0) is 43.2 Å². The van der Waals surface area contributed by atoms with Crippen LogP contribution in [0.2, 0.25) is 0 Å². The summed E-state index contributed by atoms with van der Waals surface area (Å²) in [6.45, 7) is 0.632. The molecule has 0 saturated carbocycles. The third-order valence-corrected chi connectivity index (χ3v) is 5.39. The second-order valence-electron chi connectivity index (χ2n) is 6.00. The molecule has 2 amide bonds. The average Bonchev–Trinajstić information content (AvgIpc) is 3.13. The topological polar surface area (TPSA) is 71.5 Å². The highest BCUT2D eigenvalue weighted by Gasteiger charge is 2.27. The quantitative estimate of drug-likeness (QED) is 0.897. The van der Waals surface area contributed by atoms with Crippen molar-refractivity contribution in [3.63, 3.8) is 0 Å². The van der Waals surface area contributed by atoms with Crippen molar-refractivity contribution in [3.05, 3.63) is 42.1 Å². The van der Waals surface area contributed by atoms with E-state index in [9.17, 15) is 9.59 Å². The SMILES string of the molecule is CN1C(=O)c2cccnc2Sc2cc(NC(=O)C3CCCO3)ccc21. The van der Waals surface area contributed by atoms with Gasteiger partial charge in [-0.2, -0.15) is 0 Å². The molecule has 128 valence electrons. The Hall–Kier alpha value is -2.38. The standard InChI is InChI=1S/C18H17N3O3S/c1-21-13-7-6-11(20-16(22)14-5-3-9-24-14)10-15(13)25-17-12(18(21)23)4-2-8-19-17/h2,4,6-8,10,14H,3,5,9H2,1H3,(H,20,22). The number of carbonyl (C=O) groups excluding carboxylic acids is 2. The van der Waals surface area contributed by atoms with Crippen molar-refractivity contribution in [2.24, 2.45) is 0 Å². The van der Waals surface area contributed by atoms with Gasteiger partial charge in [0.2, 0.25) is 0 Å². The lowest BCUT2D eigenvalue weighted by Gasteiger charge is -2.18. The van der Waals surface area contributed by atoms with E-state index in [1.807, 2.05) is 12.1 Å². The molecule has 1 aromatic heterocycles. The van der Waals surface area contributed by atoms with E-state index in [1.54, 1.807) is 36.3 Å². The molecule has 0 spiro atoms. The van der Waals surface area contributed by atoms with Gasteiger partial charge in [-0.15, -0.1) is 0 Å². The van der Waals surface area contributed by atoms with Gasteiger partial charge in [-0.25, -0.2) is 4.98 Å². The summed E-state index contributed by atoms with van der Waals surface area (Å²) >= 11 is 1.43. The van der Waals surface area contributed by atoms with Gasteiger partial charge in [0.15, 0.2) is 0 Å². The van der Waals surface area contributed by atoms with E-state index in [-0.39, 0.29) is 17.9 Å². The van der Waals surface area contributed by atoms with Crippen LogP contribution in [0.5, 0.6) is 0 Å². The third-order valence-electron chi connectivity index (χ3n) is 4.32. The van der Waals surface area contributed by atoms with Crippen molar-refractivity contribution >= 4 is 35.0 Å². The molecule has 0 bridgehead atoms. The minimum atomic E-state index is -0.377. The fourth-order valence-corrected chi connectivity index (χ4v) is 4.07. The summed E-state index contributed by atoms with van der Waals surface area (Å²) < 4.78 is 5.42. The van der Waals surface area contributed by atoms with Crippen LogP contribution in [-0.4, -0.2) is 36.6 Å². The number of ether oxygens (including phenoxy) is 1. The van der Waals surface area contributed by atoms with E-state index in [4.69, 9.17) is 4.74 Å². The van der Waals surface area contributed by atoms with E-state index in [0.29, 0.717) is 22.9 Å². The molecule has 1 unspecified atom stereocenters. The van der Waals surface area contributed by atoms with Gasteiger partial charge in [0.1, 0.15) is 11.1 Å². The van der Waals surface area contributed by atoms with Crippen molar-refractivity contribution < 1.29 is 14.3 Å². The van der Waals surface area contributed by atoms with Crippen LogP contribution in [0.4, 0.5) is 11.4 Å². The molecule has 1 N–H and O–H groups in total. The van der Waals surface area contributed by atoms with Crippen LogP contribution in [0, 0.1) is 0 Å². The van der Waals surface area contributed by atoms with Crippen molar-refractivity contribution in [2.75, 3.05) is 23.9 Å². The Balaban J connectivity index is 1.65. The number of benzene rings is 1. The normalized spacial score (nSPS) is 19.2. The predicted octanol–water partition coefficient (Wildman–Crippen LogP) is 2.94. The Morgan fingerprint density at radius 1 is 1.40 bits per heavy atom. The zero-order valence-electron chi connectivity index (χ0n) is 13.7. The number of aromatic nitrogens is 1. The third kappa shape index (κ3) is 3.01. The van der Waals surface area contributed by atoms with E-state index in [0.717, 1.165) is 23.4 Å². The zero-order chi connectivity index (χ0) is 17.4. The summed E-state index contributed by atoms with van der Waals surface area (Å²) in [7, 11) is 1.74. The molecule has 2 aromatic rings. The van der Waals surface area contributed by atoms with E-state index >= 15 is 0 Å². The lowest BCUT2D eigenvalue weighted by Crippen LogP contribution is -2.27. The van der Waals surface area contributed by atoms with E-state index < -0.39 is 0 Å². The molecule has 2 aliphatic heterocycles. The number of nitrogens with one attached hydrogen (secondary N) is 1. The smallest absolute Gasteiger partial charge is 0.260 e. The van der Waals surface area contributed by atoms with Crippen molar-refractivity contribution in [3.8, 4) is 0 Å². The largest absolute Gasteiger partial charge is 0.368 e. The number of anilines is 2. The molecule has 1 aromatic carbocycles. The number of amides is 2. The van der Waals surface area contributed by atoms with E-state index in [2.05, 4.69) is 10.3 Å². The molecular weight excluding hydrogens is 338 g/mol. The molecule has 3 heterocycles. The Bertz CT molecular complexity index is 849. The number of hydrogen-bond acceptors (Lipinski definition) is 5. The molecule has 4 rings (SSSR count). The number of hydrogen-bond donors (Lipinski definition) is 1. The number of pyridine rings is 1. The van der Waals surface area contributed by atoms with Crippen LogP contribution in [0.1, 0.15) is 23.2 Å². The maximum atomic E-state index is 12.6. The van der Waals surface area contributed by atoms with Crippen LogP contribution in [0.3, 0.4) is 0 Å².